The maximum Gasteiger partial charge on any atom is 0.339 e. The fourth-order valence-electron chi connectivity index (χ4n) is 3.51. The lowest BCUT2D eigenvalue weighted by molar-refractivity contribution is -0.121. The van der Waals surface area contributed by atoms with E-state index in [2.05, 4.69) is 10.2 Å². The van der Waals surface area contributed by atoms with Crippen LogP contribution in [0.15, 0.2) is 60.1 Å². The first-order chi connectivity index (χ1) is 15.7. The molecule has 0 unspecified atom stereocenters. The van der Waals surface area contributed by atoms with E-state index in [1.54, 1.807) is 52.8 Å². The van der Waals surface area contributed by atoms with Crippen molar-refractivity contribution < 1.29 is 23.8 Å². The van der Waals surface area contributed by atoms with Gasteiger partial charge in [-0.25, -0.2) is 4.79 Å². The number of benzene rings is 2. The van der Waals surface area contributed by atoms with Gasteiger partial charge >= 0.3 is 5.97 Å². The molecule has 0 saturated heterocycles. The fraction of sp³-hybridized carbons (Fsp3) is 0.174. The molecule has 5 rings (SSSR count). The molecule has 3 heterocycles. The normalized spacial score (nSPS) is 12.5. The third-order valence-electron chi connectivity index (χ3n) is 5.06. The predicted octanol–water partition coefficient (Wildman–Crippen LogP) is 3.79. The molecule has 0 fully saturated rings. The molecule has 9 heteroatoms. The Hall–Kier alpha value is -3.85. The summed E-state index contributed by atoms with van der Waals surface area (Å²) >= 11 is 1.55. The Balaban J connectivity index is 1.36. The molecule has 2 aromatic heterocycles. The molecule has 4 aromatic rings. The van der Waals surface area contributed by atoms with Crippen molar-refractivity contribution in [2.75, 3.05) is 24.7 Å². The van der Waals surface area contributed by atoms with Crippen molar-refractivity contribution in [1.82, 2.24) is 10.2 Å². The van der Waals surface area contributed by atoms with Gasteiger partial charge < -0.3 is 19.1 Å². The molecule has 1 amide bonds. The lowest BCUT2D eigenvalue weighted by Gasteiger charge is -2.25. The number of carbonyl (C=O) groups excluding carboxylic acids is 2. The largest absolute Gasteiger partial charge is 0.486 e. The van der Waals surface area contributed by atoms with Gasteiger partial charge in [0.05, 0.1) is 23.8 Å². The number of aromatic nitrogens is 2. The standard InChI is InChI=1S/C23H19N3O5S/c27-22(14-31-23(28)17-4-1-5-19-18(17)12-24-25-19)26(13-16-3-2-10-32-16)15-6-7-20-21(11-15)30-9-8-29-20/h1-7,10-12H,8-9,13-14H2,(H,24,25). The van der Waals surface area contributed by atoms with Crippen molar-refractivity contribution in [2.45, 2.75) is 6.54 Å². The van der Waals surface area contributed by atoms with E-state index in [1.165, 1.54) is 0 Å². The second-order valence-electron chi connectivity index (χ2n) is 7.10. The molecule has 1 N–H and O–H groups in total. The van der Waals surface area contributed by atoms with Gasteiger partial charge in [-0.15, -0.1) is 11.3 Å². The Morgan fingerprint density at radius 3 is 2.81 bits per heavy atom. The molecule has 162 valence electrons. The number of thiophene rings is 1. The maximum atomic E-state index is 13.2. The highest BCUT2D eigenvalue weighted by Gasteiger charge is 2.22. The lowest BCUT2D eigenvalue weighted by atomic mass is 10.1. The van der Waals surface area contributed by atoms with Gasteiger partial charge in [0.25, 0.3) is 5.91 Å². The van der Waals surface area contributed by atoms with Gasteiger partial charge in [-0.2, -0.15) is 5.10 Å². The topological polar surface area (TPSA) is 93.8 Å². The third-order valence-corrected chi connectivity index (χ3v) is 5.93. The van der Waals surface area contributed by atoms with Gasteiger partial charge in [-0.05, 0) is 35.7 Å². The van der Waals surface area contributed by atoms with Crippen molar-refractivity contribution in [2.24, 2.45) is 0 Å². The Morgan fingerprint density at radius 1 is 1.09 bits per heavy atom. The van der Waals surface area contributed by atoms with Crippen LogP contribution >= 0.6 is 11.3 Å². The number of aromatic amines is 1. The van der Waals surface area contributed by atoms with Crippen LogP contribution < -0.4 is 14.4 Å². The average Bonchev–Trinajstić information content (AvgIpc) is 3.52. The minimum Gasteiger partial charge on any atom is -0.486 e. The van der Waals surface area contributed by atoms with Gasteiger partial charge in [-0.3, -0.25) is 9.89 Å². The molecule has 0 radical (unpaired) electrons. The van der Waals surface area contributed by atoms with Crippen LogP contribution in [-0.4, -0.2) is 41.9 Å². The number of fused-ring (bicyclic) bond motifs is 2. The van der Waals surface area contributed by atoms with Crippen molar-refractivity contribution in [1.29, 1.82) is 0 Å². The van der Waals surface area contributed by atoms with Crippen LogP contribution in [-0.2, 0) is 16.1 Å². The second kappa shape index (κ2) is 8.72. The number of hydrogen-bond donors (Lipinski definition) is 1. The predicted molar refractivity (Wildman–Crippen MR) is 119 cm³/mol. The monoisotopic (exact) mass is 449 g/mol. The highest BCUT2D eigenvalue weighted by atomic mass is 32.1. The number of hydrogen-bond acceptors (Lipinski definition) is 7. The summed E-state index contributed by atoms with van der Waals surface area (Å²) in [6.07, 6.45) is 1.56. The van der Waals surface area contributed by atoms with E-state index in [1.807, 2.05) is 23.6 Å². The molecule has 8 nitrogen and oxygen atoms in total. The highest BCUT2D eigenvalue weighted by Crippen LogP contribution is 2.34. The number of amides is 1. The van der Waals surface area contributed by atoms with E-state index in [0.29, 0.717) is 47.9 Å². The van der Waals surface area contributed by atoms with Gasteiger partial charge in [0.1, 0.15) is 13.2 Å². The molecule has 0 bridgehead atoms. The number of ether oxygens (including phenoxy) is 3. The van der Waals surface area contributed by atoms with Gasteiger partial charge in [-0.1, -0.05) is 12.1 Å². The van der Waals surface area contributed by atoms with Crippen LogP contribution in [0.25, 0.3) is 10.9 Å². The number of anilines is 1. The number of nitrogens with zero attached hydrogens (tertiary/aromatic N) is 2. The molecule has 0 atom stereocenters. The van der Waals surface area contributed by atoms with Crippen molar-refractivity contribution >= 4 is 39.8 Å². The fourth-order valence-corrected chi connectivity index (χ4v) is 4.20. The van der Waals surface area contributed by atoms with Gasteiger partial charge in [0.15, 0.2) is 18.1 Å². The van der Waals surface area contributed by atoms with Crippen LogP contribution in [0.1, 0.15) is 15.2 Å². The molecular formula is C23H19N3O5S. The van der Waals surface area contributed by atoms with Crippen LogP contribution in [0.4, 0.5) is 5.69 Å². The number of nitrogens with one attached hydrogen (secondary N) is 1. The van der Waals surface area contributed by atoms with E-state index >= 15 is 0 Å². The van der Waals surface area contributed by atoms with Crippen molar-refractivity contribution in [3.8, 4) is 11.5 Å². The summed E-state index contributed by atoms with van der Waals surface area (Å²) in [5.41, 5.74) is 1.72. The summed E-state index contributed by atoms with van der Waals surface area (Å²) in [6, 6.07) is 14.4. The molecular weight excluding hydrogens is 430 g/mol. The number of carbonyl (C=O) groups is 2. The van der Waals surface area contributed by atoms with E-state index in [4.69, 9.17) is 14.2 Å². The van der Waals surface area contributed by atoms with Gasteiger partial charge in [0.2, 0.25) is 0 Å². The Labute approximate surface area is 187 Å². The smallest absolute Gasteiger partial charge is 0.339 e. The van der Waals surface area contributed by atoms with E-state index in [0.717, 1.165) is 10.4 Å². The summed E-state index contributed by atoms with van der Waals surface area (Å²) < 4.78 is 16.6. The van der Waals surface area contributed by atoms with Crippen molar-refractivity contribution in [3.63, 3.8) is 0 Å². The molecule has 2 aromatic carbocycles. The Bertz CT molecular complexity index is 1270. The van der Waals surface area contributed by atoms with E-state index in [-0.39, 0.29) is 5.91 Å². The zero-order valence-electron chi connectivity index (χ0n) is 16.9. The minimum atomic E-state index is -0.580. The van der Waals surface area contributed by atoms with Gasteiger partial charge in [0, 0.05) is 22.0 Å². The molecule has 32 heavy (non-hydrogen) atoms. The Kier molecular flexibility index (Phi) is 5.47. The Morgan fingerprint density at radius 2 is 1.97 bits per heavy atom. The third kappa shape index (κ3) is 4.02. The average molecular weight is 449 g/mol. The van der Waals surface area contributed by atoms with Crippen LogP contribution in [0.3, 0.4) is 0 Å². The molecule has 1 aliphatic rings. The summed E-state index contributed by atoms with van der Waals surface area (Å²) in [5, 5.41) is 9.37. The summed E-state index contributed by atoms with van der Waals surface area (Å²) in [4.78, 5) is 28.4. The van der Waals surface area contributed by atoms with Crippen LogP contribution in [0.2, 0.25) is 0 Å². The lowest BCUT2D eigenvalue weighted by Crippen LogP contribution is -2.34. The summed E-state index contributed by atoms with van der Waals surface area (Å²) in [6.45, 7) is 0.897. The summed E-state index contributed by atoms with van der Waals surface area (Å²) in [7, 11) is 0. The summed E-state index contributed by atoms with van der Waals surface area (Å²) in [5.74, 6) is 0.302. The van der Waals surface area contributed by atoms with Crippen LogP contribution in [0, 0.1) is 0 Å². The van der Waals surface area contributed by atoms with Crippen LogP contribution in [0.5, 0.6) is 11.5 Å². The maximum absolute atomic E-state index is 13.2. The SMILES string of the molecule is O=C(OCC(=O)N(Cc1cccs1)c1ccc2c(c1)OCCO2)c1cccc2[nH]ncc12. The first-order valence-corrected chi connectivity index (χ1v) is 10.9. The molecule has 1 aliphatic heterocycles. The first kappa shape index (κ1) is 20.1. The quantitative estimate of drug-likeness (QED) is 0.450. The van der Waals surface area contributed by atoms with Crippen molar-refractivity contribution in [3.05, 3.63) is 70.5 Å². The number of rotatable bonds is 6. The molecule has 0 saturated carbocycles. The van der Waals surface area contributed by atoms with E-state index < -0.39 is 12.6 Å². The molecule has 0 aliphatic carbocycles. The zero-order chi connectivity index (χ0) is 21.9. The highest BCUT2D eigenvalue weighted by molar-refractivity contribution is 7.09. The molecule has 0 spiro atoms. The number of esters is 1. The second-order valence-corrected chi connectivity index (χ2v) is 8.13. The first-order valence-electron chi connectivity index (χ1n) is 10.0. The number of H-pyrrole nitrogens is 1. The minimum absolute atomic E-state index is 0.345. The zero-order valence-corrected chi connectivity index (χ0v) is 17.8. The van der Waals surface area contributed by atoms with E-state index in [9.17, 15) is 9.59 Å².